The van der Waals surface area contributed by atoms with Crippen LogP contribution in [0.5, 0.6) is 0 Å². The van der Waals surface area contributed by atoms with Crippen LogP contribution in [0.2, 0.25) is 0 Å². The monoisotopic (exact) mass is 419 g/mol. The van der Waals surface area contributed by atoms with Gasteiger partial charge in [0.2, 0.25) is 0 Å². The molecule has 1 rings (SSSR count). The average molecular weight is 419 g/mol. The molecule has 1 aromatic heterocycles. The Labute approximate surface area is 140 Å². The fourth-order valence-electron chi connectivity index (χ4n) is 1.23. The van der Waals surface area contributed by atoms with E-state index in [9.17, 15) is 43.2 Å². The number of nitrogens with one attached hydrogen (secondary N) is 1. The smallest absolute Gasteiger partial charge is 0.421 e. The summed E-state index contributed by atoms with van der Waals surface area (Å²) < 4.78 is 111. The van der Waals surface area contributed by atoms with Gasteiger partial charge in [-0.05, 0) is 6.42 Å². The molecule has 0 aliphatic heterocycles. The maximum atomic E-state index is 11.4. The summed E-state index contributed by atoms with van der Waals surface area (Å²) in [6.07, 6.45) is 6.59. The first kappa shape index (κ1) is 23.6. The van der Waals surface area contributed by atoms with E-state index in [0.717, 1.165) is 10.7 Å². The van der Waals surface area contributed by atoms with Crippen LogP contribution in [0.3, 0.4) is 0 Å². The van der Waals surface area contributed by atoms with Crippen LogP contribution in [-0.2, 0) is 26.6 Å². The molecule has 0 aromatic carbocycles. The second-order valence-electron chi connectivity index (χ2n) is 4.51. The van der Waals surface area contributed by atoms with Gasteiger partial charge in [-0.3, -0.25) is 0 Å². The summed E-state index contributed by atoms with van der Waals surface area (Å²) in [6, 6.07) is 0. The maximum Gasteiger partial charge on any atom is 0.480 e. The molecule has 0 spiro atoms. The van der Waals surface area contributed by atoms with Crippen LogP contribution in [0, 0.1) is 6.92 Å². The van der Waals surface area contributed by atoms with Gasteiger partial charge in [-0.2, -0.15) is 26.3 Å². The molecule has 15 heteroatoms. The number of aromatic amines is 1. The minimum Gasteiger partial charge on any atom is -0.421 e. The van der Waals surface area contributed by atoms with E-state index >= 15 is 0 Å². The van der Waals surface area contributed by atoms with Crippen LogP contribution in [0.1, 0.15) is 25.6 Å². The van der Waals surface area contributed by atoms with Crippen molar-refractivity contribution in [3.8, 4) is 0 Å². The van der Waals surface area contributed by atoms with Crippen LogP contribution >= 0.6 is 0 Å². The highest BCUT2D eigenvalue weighted by Gasteiger charge is 2.46. The van der Waals surface area contributed by atoms with Gasteiger partial charge in [0.15, 0.2) is 20.0 Å². The molecule has 1 heterocycles. The van der Waals surface area contributed by atoms with Crippen LogP contribution < -0.4 is 4.57 Å². The lowest BCUT2D eigenvalue weighted by Gasteiger charge is -2.22. The molecule has 0 aliphatic rings. The van der Waals surface area contributed by atoms with Crippen molar-refractivity contribution < 1.29 is 47.7 Å². The van der Waals surface area contributed by atoms with E-state index in [1.807, 2.05) is 6.20 Å². The number of rotatable bonds is 5. The molecular weight excluding hydrogens is 404 g/mol. The number of alkyl halides is 6. The highest BCUT2D eigenvalue weighted by Crippen LogP contribution is 2.36. The van der Waals surface area contributed by atoms with Gasteiger partial charge < -0.3 is 4.13 Å². The summed E-state index contributed by atoms with van der Waals surface area (Å²) in [4.78, 5) is 3.14. The minimum absolute atomic E-state index is 0.778. The van der Waals surface area contributed by atoms with Gasteiger partial charge in [0, 0.05) is 6.92 Å². The zero-order valence-electron chi connectivity index (χ0n) is 12.9. The molecule has 0 bridgehead atoms. The Bertz CT molecular complexity index is 710. The number of halogens is 6. The predicted molar refractivity (Wildman–Crippen MR) is 73.9 cm³/mol. The standard InChI is InChI=1S/C8H14N2.C2F6NO4S2/c1-3-4-6-10-7-5-9-8(10)2;3-1(4,5)14(10,11)9-15(12,13)2(6,7)8/h5,7H,3-4,6H2,1-2H3;/q;-1/p+1. The van der Waals surface area contributed by atoms with Gasteiger partial charge in [0.05, 0.1) is 6.54 Å². The molecule has 0 saturated heterocycles. The summed E-state index contributed by atoms with van der Waals surface area (Å²) in [5, 5.41) is 0. The van der Waals surface area contributed by atoms with Gasteiger partial charge in [-0.25, -0.2) is 26.4 Å². The Kier molecular flexibility index (Phi) is 7.90. The number of aryl methyl sites for hydroxylation is 2. The molecule has 0 atom stereocenters. The molecular formula is C10H15F6N3O4S2. The molecule has 7 nitrogen and oxygen atoms in total. The Balaban J connectivity index is 0.000000496. The second-order valence-corrected chi connectivity index (χ2v) is 7.93. The van der Waals surface area contributed by atoms with Gasteiger partial charge in [-0.1, -0.05) is 13.3 Å². The van der Waals surface area contributed by atoms with E-state index in [1.165, 1.54) is 18.7 Å². The summed E-state index contributed by atoms with van der Waals surface area (Å²) in [5.41, 5.74) is -12.4. The van der Waals surface area contributed by atoms with Crippen molar-refractivity contribution in [3.05, 3.63) is 22.3 Å². The van der Waals surface area contributed by atoms with Crippen molar-refractivity contribution in [3.63, 3.8) is 0 Å². The molecule has 1 N–H and O–H groups in total. The quantitative estimate of drug-likeness (QED) is 0.585. The molecule has 0 aliphatic carbocycles. The first-order valence-corrected chi connectivity index (χ1v) is 9.33. The molecule has 0 amide bonds. The summed E-state index contributed by atoms with van der Waals surface area (Å²) in [7, 11) is -13.4. The predicted octanol–water partition coefficient (Wildman–Crippen LogP) is 2.47. The number of imidazole rings is 1. The van der Waals surface area contributed by atoms with Crippen molar-refractivity contribution in [1.29, 1.82) is 0 Å². The fraction of sp³-hybridized carbons (Fsp3) is 0.700. The van der Waals surface area contributed by atoms with Gasteiger partial charge in [0.25, 0.3) is 5.82 Å². The number of nitrogens with zero attached hydrogens (tertiary/aromatic N) is 2. The third kappa shape index (κ3) is 7.19. The van der Waals surface area contributed by atoms with Gasteiger partial charge >= 0.3 is 11.0 Å². The lowest BCUT2D eigenvalue weighted by molar-refractivity contribution is -0.701. The normalized spacial score (nSPS) is 13.3. The molecule has 0 radical (unpaired) electrons. The molecule has 0 saturated carbocycles. The zero-order chi connectivity index (χ0) is 20.1. The molecule has 148 valence electrons. The van der Waals surface area contributed by atoms with Crippen molar-refractivity contribution in [2.45, 2.75) is 44.3 Å². The second kappa shape index (κ2) is 8.35. The van der Waals surface area contributed by atoms with Crippen LogP contribution in [0.15, 0.2) is 12.4 Å². The van der Waals surface area contributed by atoms with Crippen molar-refractivity contribution >= 4 is 20.0 Å². The average Bonchev–Trinajstić information content (AvgIpc) is 2.78. The third-order valence-electron chi connectivity index (χ3n) is 2.51. The van der Waals surface area contributed by atoms with E-state index in [-0.39, 0.29) is 0 Å². The van der Waals surface area contributed by atoms with Crippen LogP contribution in [0.25, 0.3) is 4.13 Å². The summed E-state index contributed by atoms with van der Waals surface area (Å²) >= 11 is 0. The summed E-state index contributed by atoms with van der Waals surface area (Å²) in [5.74, 6) is 1.24. The number of aromatic nitrogens is 2. The number of unbranched alkanes of at least 4 members (excludes halogenated alkanes) is 1. The van der Waals surface area contributed by atoms with Crippen molar-refractivity contribution in [2.24, 2.45) is 0 Å². The minimum atomic E-state index is -6.72. The number of hydrogen-bond donors (Lipinski definition) is 1. The van der Waals surface area contributed by atoms with Gasteiger partial charge in [-0.15, -0.1) is 0 Å². The van der Waals surface area contributed by atoms with Gasteiger partial charge in [0.1, 0.15) is 12.4 Å². The largest absolute Gasteiger partial charge is 0.480 e. The van der Waals surface area contributed by atoms with E-state index in [0.29, 0.717) is 0 Å². The highest BCUT2D eigenvalue weighted by atomic mass is 32.3. The number of H-pyrrole nitrogens is 1. The third-order valence-corrected chi connectivity index (χ3v) is 5.25. The zero-order valence-corrected chi connectivity index (χ0v) is 14.5. The lowest BCUT2D eigenvalue weighted by Crippen LogP contribution is -2.34. The lowest BCUT2D eigenvalue weighted by atomic mass is 10.3. The van der Waals surface area contributed by atoms with E-state index in [4.69, 9.17) is 0 Å². The van der Waals surface area contributed by atoms with E-state index in [1.54, 1.807) is 0 Å². The fourth-order valence-corrected chi connectivity index (χ4v) is 2.94. The first-order chi connectivity index (χ1) is 11.0. The van der Waals surface area contributed by atoms with Crippen LogP contribution in [-0.4, -0.2) is 32.8 Å². The number of hydrogen-bond acceptors (Lipinski definition) is 4. The molecule has 1 aromatic rings. The Morgan fingerprint density at radius 3 is 1.76 bits per heavy atom. The summed E-state index contributed by atoms with van der Waals surface area (Å²) in [6.45, 7) is 5.45. The van der Waals surface area contributed by atoms with Crippen LogP contribution in [0.4, 0.5) is 26.3 Å². The highest BCUT2D eigenvalue weighted by molar-refractivity contribution is 8.13. The Morgan fingerprint density at radius 1 is 1.04 bits per heavy atom. The molecule has 25 heavy (non-hydrogen) atoms. The Morgan fingerprint density at radius 2 is 1.48 bits per heavy atom. The maximum absolute atomic E-state index is 11.4. The molecule has 0 fully saturated rings. The van der Waals surface area contributed by atoms with E-state index in [2.05, 4.69) is 29.6 Å². The van der Waals surface area contributed by atoms with Crippen molar-refractivity contribution in [2.75, 3.05) is 0 Å². The SMILES string of the molecule is CCCC[n+]1cc[nH]c1C.O=S(=O)([N-]S(=O)(=O)C(F)(F)F)C(F)(F)F. The Hall–Kier alpha value is -1.35. The molecule has 0 unspecified atom stereocenters. The topological polar surface area (TPSA) is 102 Å². The first-order valence-electron chi connectivity index (χ1n) is 6.45. The van der Waals surface area contributed by atoms with E-state index < -0.39 is 31.1 Å². The van der Waals surface area contributed by atoms with Crippen molar-refractivity contribution in [1.82, 2.24) is 4.98 Å². The number of sulfonamides is 2.